The molecule has 0 saturated heterocycles. The fourth-order valence-electron chi connectivity index (χ4n) is 3.89. The van der Waals surface area contributed by atoms with Crippen LogP contribution in [0.4, 0.5) is 4.79 Å². The first-order chi connectivity index (χ1) is 14.3. The molecular formula is C25H28N4O. The van der Waals surface area contributed by atoms with E-state index in [1.54, 1.807) is 0 Å². The first-order valence-corrected chi connectivity index (χ1v) is 10.3. The molecule has 5 heteroatoms. The van der Waals surface area contributed by atoms with Crippen LogP contribution < -0.4 is 5.32 Å². The van der Waals surface area contributed by atoms with Gasteiger partial charge in [-0.15, -0.1) is 0 Å². The number of pyridine rings is 1. The van der Waals surface area contributed by atoms with Crippen LogP contribution in [0.15, 0.2) is 61.4 Å². The number of fused-ring (bicyclic) bond motifs is 1. The quantitative estimate of drug-likeness (QED) is 0.622. The molecule has 0 spiro atoms. The fraction of sp³-hybridized carbons (Fsp3) is 0.280. The first-order valence-electron chi connectivity index (χ1n) is 10.3. The minimum atomic E-state index is -0.479. The third-order valence-electron chi connectivity index (χ3n) is 5.77. The smallest absolute Gasteiger partial charge is 0.318 e. The van der Waals surface area contributed by atoms with Gasteiger partial charge in [0, 0.05) is 31.0 Å². The summed E-state index contributed by atoms with van der Waals surface area (Å²) < 4.78 is 0. The zero-order chi connectivity index (χ0) is 21.3. The number of aromatic nitrogens is 2. The lowest BCUT2D eigenvalue weighted by molar-refractivity contribution is 0.191. The molecule has 3 heterocycles. The summed E-state index contributed by atoms with van der Waals surface area (Å²) in [6.45, 7) is 11.3. The summed E-state index contributed by atoms with van der Waals surface area (Å²) in [7, 11) is 0. The summed E-state index contributed by atoms with van der Waals surface area (Å²) >= 11 is 0. The highest BCUT2D eigenvalue weighted by Crippen LogP contribution is 2.28. The second-order valence-corrected chi connectivity index (χ2v) is 8.44. The molecule has 154 valence electrons. The summed E-state index contributed by atoms with van der Waals surface area (Å²) in [4.78, 5) is 22.6. The Morgan fingerprint density at radius 3 is 2.83 bits per heavy atom. The van der Waals surface area contributed by atoms with Gasteiger partial charge in [0.25, 0.3) is 0 Å². The molecule has 2 amide bonds. The third-order valence-corrected chi connectivity index (χ3v) is 5.77. The van der Waals surface area contributed by atoms with E-state index >= 15 is 0 Å². The van der Waals surface area contributed by atoms with Gasteiger partial charge in [-0.05, 0) is 62.1 Å². The van der Waals surface area contributed by atoms with Gasteiger partial charge < -0.3 is 15.2 Å². The van der Waals surface area contributed by atoms with Crippen LogP contribution in [-0.4, -0.2) is 34.0 Å². The van der Waals surface area contributed by atoms with Crippen molar-refractivity contribution < 1.29 is 4.79 Å². The van der Waals surface area contributed by atoms with Crippen LogP contribution in [0.25, 0.3) is 22.2 Å². The lowest BCUT2D eigenvalue weighted by atomic mass is 9.91. The maximum absolute atomic E-state index is 13.0. The number of amides is 2. The minimum Gasteiger partial charge on any atom is -0.359 e. The number of aromatic amines is 1. The van der Waals surface area contributed by atoms with E-state index in [2.05, 4.69) is 34.0 Å². The Morgan fingerprint density at radius 2 is 2.10 bits per heavy atom. The maximum Gasteiger partial charge on any atom is 0.318 e. The minimum absolute atomic E-state index is 0.0481. The van der Waals surface area contributed by atoms with Gasteiger partial charge in [-0.3, -0.25) is 4.98 Å². The van der Waals surface area contributed by atoms with Crippen LogP contribution in [0.5, 0.6) is 0 Å². The van der Waals surface area contributed by atoms with Gasteiger partial charge in [0.15, 0.2) is 0 Å². The zero-order valence-electron chi connectivity index (χ0n) is 17.8. The number of carbonyl (C=O) groups is 1. The molecule has 30 heavy (non-hydrogen) atoms. The number of rotatable bonds is 4. The highest BCUT2D eigenvalue weighted by molar-refractivity contribution is 5.90. The fourth-order valence-corrected chi connectivity index (χ4v) is 3.89. The van der Waals surface area contributed by atoms with E-state index in [1.165, 1.54) is 5.57 Å². The highest BCUT2D eigenvalue weighted by Gasteiger charge is 2.27. The number of carbonyl (C=O) groups excluding carboxylic acids is 1. The Morgan fingerprint density at radius 1 is 1.27 bits per heavy atom. The maximum atomic E-state index is 13.0. The second kappa shape index (κ2) is 7.82. The van der Waals surface area contributed by atoms with Crippen molar-refractivity contribution in [3.05, 3.63) is 78.1 Å². The molecule has 0 fully saturated rings. The summed E-state index contributed by atoms with van der Waals surface area (Å²) in [6.07, 6.45) is 6.77. The molecule has 0 radical (unpaired) electrons. The number of urea groups is 1. The van der Waals surface area contributed by atoms with Gasteiger partial charge in [-0.2, -0.15) is 0 Å². The van der Waals surface area contributed by atoms with Crippen LogP contribution in [0.1, 0.15) is 43.9 Å². The number of hydrogen-bond donors (Lipinski definition) is 2. The Kier molecular flexibility index (Phi) is 5.20. The van der Waals surface area contributed by atoms with Crippen molar-refractivity contribution in [3.8, 4) is 0 Å². The number of allylic oxidation sites excluding steroid dienone is 1. The number of nitrogens with one attached hydrogen (secondary N) is 2. The summed E-state index contributed by atoms with van der Waals surface area (Å²) in [6, 6.07) is 12.1. The van der Waals surface area contributed by atoms with Crippen LogP contribution in [0.3, 0.4) is 0 Å². The highest BCUT2D eigenvalue weighted by atomic mass is 16.2. The van der Waals surface area contributed by atoms with Crippen molar-refractivity contribution in [1.29, 1.82) is 0 Å². The van der Waals surface area contributed by atoms with E-state index < -0.39 is 5.54 Å². The van der Waals surface area contributed by atoms with Crippen molar-refractivity contribution in [3.63, 3.8) is 0 Å². The van der Waals surface area contributed by atoms with E-state index in [0.717, 1.165) is 39.7 Å². The topological polar surface area (TPSA) is 61.0 Å². The molecule has 1 aromatic carbocycles. The van der Waals surface area contributed by atoms with Gasteiger partial charge in [0.05, 0.1) is 16.6 Å². The molecule has 5 nitrogen and oxygen atoms in total. The lowest BCUT2D eigenvalue weighted by Gasteiger charge is -2.33. The van der Waals surface area contributed by atoms with E-state index in [-0.39, 0.29) is 6.03 Å². The average molecular weight is 401 g/mol. The standard InChI is InChI=1S/C25H28N4O/c1-17(2)19-7-5-8-20(15-19)25(3,4)28-24(30)29-13-10-18(11-14-29)21-16-27-22-9-6-12-26-23(21)22/h5-10,12,15-16,27H,1,11,13-14H2,2-4H3,(H,28,30). The summed E-state index contributed by atoms with van der Waals surface area (Å²) in [5.41, 5.74) is 7.07. The molecule has 3 aromatic rings. The molecule has 2 aromatic heterocycles. The molecular weight excluding hydrogens is 372 g/mol. The number of H-pyrrole nitrogens is 1. The van der Waals surface area contributed by atoms with Crippen LogP contribution >= 0.6 is 0 Å². The molecule has 0 atom stereocenters. The van der Waals surface area contributed by atoms with E-state index in [0.29, 0.717) is 13.1 Å². The van der Waals surface area contributed by atoms with Gasteiger partial charge in [0.1, 0.15) is 0 Å². The van der Waals surface area contributed by atoms with Gasteiger partial charge in [-0.1, -0.05) is 36.4 Å². The van der Waals surface area contributed by atoms with Gasteiger partial charge >= 0.3 is 6.03 Å². The van der Waals surface area contributed by atoms with Crippen molar-refractivity contribution in [2.45, 2.75) is 32.7 Å². The molecule has 2 N–H and O–H groups in total. The van der Waals surface area contributed by atoms with Crippen LogP contribution in [0, 0.1) is 0 Å². The van der Waals surface area contributed by atoms with Crippen molar-refractivity contribution in [2.75, 3.05) is 13.1 Å². The largest absolute Gasteiger partial charge is 0.359 e. The third kappa shape index (κ3) is 3.88. The van der Waals surface area contributed by atoms with Gasteiger partial charge in [0.2, 0.25) is 0 Å². The molecule has 4 rings (SSSR count). The lowest BCUT2D eigenvalue weighted by Crippen LogP contribution is -2.49. The Bertz CT molecular complexity index is 1140. The SMILES string of the molecule is C=C(C)c1cccc(C(C)(C)NC(=O)N2CC=C(c3c[nH]c4cccnc34)CC2)c1. The molecule has 1 aliphatic heterocycles. The van der Waals surface area contributed by atoms with Crippen molar-refractivity contribution in [2.24, 2.45) is 0 Å². The first kappa shape index (κ1) is 20.0. The second-order valence-electron chi connectivity index (χ2n) is 8.44. The molecule has 0 bridgehead atoms. The normalized spacial score (nSPS) is 14.5. The monoisotopic (exact) mass is 400 g/mol. The molecule has 0 aliphatic carbocycles. The Hall–Kier alpha value is -3.34. The summed E-state index contributed by atoms with van der Waals surface area (Å²) in [5, 5.41) is 3.20. The van der Waals surface area contributed by atoms with Crippen LogP contribution in [0.2, 0.25) is 0 Å². The zero-order valence-corrected chi connectivity index (χ0v) is 17.8. The molecule has 1 aliphatic rings. The number of hydrogen-bond acceptors (Lipinski definition) is 2. The van der Waals surface area contributed by atoms with Crippen molar-refractivity contribution >= 4 is 28.2 Å². The Balaban J connectivity index is 1.46. The summed E-state index contributed by atoms with van der Waals surface area (Å²) in [5.74, 6) is 0. The van der Waals surface area contributed by atoms with E-state index in [1.807, 2.05) is 68.4 Å². The molecule has 0 unspecified atom stereocenters. The van der Waals surface area contributed by atoms with Gasteiger partial charge in [-0.25, -0.2) is 4.79 Å². The molecule has 0 saturated carbocycles. The number of nitrogens with zero attached hydrogens (tertiary/aromatic N) is 2. The predicted octanol–water partition coefficient (Wildman–Crippen LogP) is 5.33. The van der Waals surface area contributed by atoms with E-state index in [4.69, 9.17) is 0 Å². The van der Waals surface area contributed by atoms with E-state index in [9.17, 15) is 4.79 Å². The van der Waals surface area contributed by atoms with Crippen LogP contribution in [-0.2, 0) is 5.54 Å². The average Bonchev–Trinajstić information content (AvgIpc) is 3.18. The number of benzene rings is 1. The predicted molar refractivity (Wildman–Crippen MR) is 123 cm³/mol. The Labute approximate surface area is 177 Å². The van der Waals surface area contributed by atoms with Crippen molar-refractivity contribution in [1.82, 2.24) is 20.2 Å².